The van der Waals surface area contributed by atoms with Gasteiger partial charge in [0.25, 0.3) is 0 Å². The average Bonchev–Trinajstić information content (AvgIpc) is 2.24. The van der Waals surface area contributed by atoms with E-state index in [4.69, 9.17) is 0 Å². The fourth-order valence-corrected chi connectivity index (χ4v) is 3.23. The van der Waals surface area contributed by atoms with Crippen molar-refractivity contribution in [3.05, 3.63) is 0 Å². The molecule has 1 rings (SSSR count). The molecule has 102 valence electrons. The summed E-state index contributed by atoms with van der Waals surface area (Å²) in [6, 6.07) is 0.713. The van der Waals surface area contributed by atoms with Gasteiger partial charge in [-0.1, -0.05) is 20.8 Å². The number of thioether (sulfide) groups is 1. The summed E-state index contributed by atoms with van der Waals surface area (Å²) in [6.07, 6.45) is 1.27. The lowest BCUT2D eigenvalue weighted by molar-refractivity contribution is 0.192. The van der Waals surface area contributed by atoms with Crippen LogP contribution in [-0.2, 0) is 0 Å². The normalized spacial score (nSPS) is 26.8. The van der Waals surface area contributed by atoms with Crippen LogP contribution in [0, 0.1) is 0 Å². The van der Waals surface area contributed by atoms with Gasteiger partial charge in [0.1, 0.15) is 0 Å². The van der Waals surface area contributed by atoms with E-state index in [1.807, 2.05) is 0 Å². The molecule has 1 saturated heterocycles. The third kappa shape index (κ3) is 6.12. The maximum atomic E-state index is 3.64. The predicted molar refractivity (Wildman–Crippen MR) is 79.9 cm³/mol. The molecule has 0 aromatic heterocycles. The van der Waals surface area contributed by atoms with E-state index in [0.717, 1.165) is 6.54 Å². The Morgan fingerprint density at radius 1 is 1.35 bits per heavy atom. The zero-order valence-corrected chi connectivity index (χ0v) is 13.3. The van der Waals surface area contributed by atoms with E-state index in [1.54, 1.807) is 0 Å². The molecule has 17 heavy (non-hydrogen) atoms. The number of rotatable bonds is 3. The lowest BCUT2D eigenvalue weighted by Gasteiger charge is -2.33. The van der Waals surface area contributed by atoms with Crippen LogP contribution in [0.2, 0.25) is 0 Å². The van der Waals surface area contributed by atoms with E-state index in [2.05, 4.69) is 63.5 Å². The van der Waals surface area contributed by atoms with Crippen LogP contribution < -0.4 is 5.32 Å². The van der Waals surface area contributed by atoms with Crippen molar-refractivity contribution in [2.75, 3.05) is 25.4 Å². The average molecular weight is 258 g/mol. The molecule has 0 aliphatic carbocycles. The third-order valence-electron chi connectivity index (χ3n) is 3.30. The summed E-state index contributed by atoms with van der Waals surface area (Å²) in [4.78, 5) is 2.65. The van der Waals surface area contributed by atoms with Crippen LogP contribution in [-0.4, -0.2) is 46.6 Å². The van der Waals surface area contributed by atoms with Crippen LogP contribution in [0.4, 0.5) is 0 Å². The SMILES string of the molecule is CC1CCNC(C)(C)CN1CCSC(C)(C)C. The molecule has 1 aliphatic rings. The largest absolute Gasteiger partial charge is 0.310 e. The Morgan fingerprint density at radius 3 is 2.59 bits per heavy atom. The highest BCUT2D eigenvalue weighted by molar-refractivity contribution is 8.00. The summed E-state index contributed by atoms with van der Waals surface area (Å²) in [5, 5.41) is 3.64. The van der Waals surface area contributed by atoms with Crippen LogP contribution in [0.25, 0.3) is 0 Å². The summed E-state index contributed by atoms with van der Waals surface area (Å²) < 4.78 is 0.392. The van der Waals surface area contributed by atoms with E-state index >= 15 is 0 Å². The molecule has 1 atom stereocenters. The van der Waals surface area contributed by atoms with Crippen molar-refractivity contribution in [1.29, 1.82) is 0 Å². The van der Waals surface area contributed by atoms with Crippen molar-refractivity contribution < 1.29 is 0 Å². The highest BCUT2D eigenvalue weighted by atomic mass is 32.2. The first kappa shape index (κ1) is 15.3. The Balaban J connectivity index is 2.43. The van der Waals surface area contributed by atoms with E-state index in [-0.39, 0.29) is 5.54 Å². The molecule has 0 radical (unpaired) electrons. The van der Waals surface area contributed by atoms with Gasteiger partial charge in [0, 0.05) is 35.2 Å². The lowest BCUT2D eigenvalue weighted by atomic mass is 10.1. The lowest BCUT2D eigenvalue weighted by Crippen LogP contribution is -2.48. The van der Waals surface area contributed by atoms with Crippen LogP contribution in [0.1, 0.15) is 48.0 Å². The molecule has 0 aromatic rings. The van der Waals surface area contributed by atoms with Crippen LogP contribution in [0.5, 0.6) is 0 Å². The Hall–Kier alpha value is 0.270. The zero-order chi connectivity index (χ0) is 13.1. The van der Waals surface area contributed by atoms with Crippen LogP contribution in [0.3, 0.4) is 0 Å². The number of hydrogen-bond acceptors (Lipinski definition) is 3. The van der Waals surface area contributed by atoms with Gasteiger partial charge in [-0.3, -0.25) is 4.90 Å². The molecule has 3 heteroatoms. The highest BCUT2D eigenvalue weighted by Crippen LogP contribution is 2.24. The first-order chi connectivity index (χ1) is 7.70. The van der Waals surface area contributed by atoms with Gasteiger partial charge in [-0.05, 0) is 33.7 Å². The zero-order valence-electron chi connectivity index (χ0n) is 12.5. The minimum absolute atomic E-state index is 0.261. The van der Waals surface area contributed by atoms with E-state index < -0.39 is 0 Å². The van der Waals surface area contributed by atoms with E-state index in [9.17, 15) is 0 Å². The monoisotopic (exact) mass is 258 g/mol. The Labute approximate surface area is 112 Å². The van der Waals surface area contributed by atoms with Gasteiger partial charge >= 0.3 is 0 Å². The number of nitrogens with zero attached hydrogens (tertiary/aromatic N) is 1. The quantitative estimate of drug-likeness (QED) is 0.838. The van der Waals surface area contributed by atoms with Gasteiger partial charge < -0.3 is 5.32 Å². The second-order valence-corrected chi connectivity index (χ2v) is 8.80. The van der Waals surface area contributed by atoms with Gasteiger partial charge in [-0.15, -0.1) is 0 Å². The Bertz CT molecular complexity index is 233. The first-order valence-corrected chi connectivity index (χ1v) is 7.81. The van der Waals surface area contributed by atoms with Gasteiger partial charge in [0.2, 0.25) is 0 Å². The standard InChI is InChI=1S/C14H30N2S/c1-12-7-8-15-14(5,6)11-16(12)9-10-17-13(2,3)4/h12,15H,7-11H2,1-6H3. The molecule has 1 aliphatic heterocycles. The third-order valence-corrected chi connectivity index (χ3v) is 4.55. The van der Waals surface area contributed by atoms with Crippen LogP contribution >= 0.6 is 11.8 Å². The second kappa shape index (κ2) is 5.94. The van der Waals surface area contributed by atoms with Gasteiger partial charge in [-0.2, -0.15) is 11.8 Å². The highest BCUT2D eigenvalue weighted by Gasteiger charge is 2.27. The molecular weight excluding hydrogens is 228 g/mol. The van der Waals surface area contributed by atoms with Crippen molar-refractivity contribution in [3.8, 4) is 0 Å². The summed E-state index contributed by atoms with van der Waals surface area (Å²) >= 11 is 2.07. The molecule has 0 amide bonds. The van der Waals surface area contributed by atoms with E-state index in [0.29, 0.717) is 10.8 Å². The van der Waals surface area contributed by atoms with Crippen LogP contribution in [0.15, 0.2) is 0 Å². The molecular formula is C14H30N2S. The van der Waals surface area contributed by atoms with Gasteiger partial charge in [0.15, 0.2) is 0 Å². The summed E-state index contributed by atoms with van der Waals surface area (Å²) in [5.74, 6) is 1.24. The smallest absolute Gasteiger partial charge is 0.0252 e. The molecule has 2 nitrogen and oxygen atoms in total. The molecule has 0 aromatic carbocycles. The maximum absolute atomic E-state index is 3.64. The van der Waals surface area contributed by atoms with Crippen molar-refractivity contribution in [2.24, 2.45) is 0 Å². The van der Waals surface area contributed by atoms with Crippen molar-refractivity contribution >= 4 is 11.8 Å². The molecule has 0 spiro atoms. The fraction of sp³-hybridized carbons (Fsp3) is 1.00. The predicted octanol–water partition coefficient (Wildman–Crippen LogP) is 2.98. The maximum Gasteiger partial charge on any atom is 0.0252 e. The van der Waals surface area contributed by atoms with Crippen molar-refractivity contribution in [1.82, 2.24) is 10.2 Å². The number of nitrogens with one attached hydrogen (secondary N) is 1. The summed E-state index contributed by atoms with van der Waals surface area (Å²) in [6.45, 7) is 17.4. The molecule has 1 heterocycles. The topological polar surface area (TPSA) is 15.3 Å². The second-order valence-electron chi connectivity index (χ2n) is 6.88. The molecule has 0 saturated carbocycles. The van der Waals surface area contributed by atoms with Crippen molar-refractivity contribution in [2.45, 2.75) is 64.3 Å². The minimum atomic E-state index is 0.261. The number of hydrogen-bond donors (Lipinski definition) is 1. The first-order valence-electron chi connectivity index (χ1n) is 6.83. The molecule has 1 unspecified atom stereocenters. The summed E-state index contributed by atoms with van der Waals surface area (Å²) in [5.41, 5.74) is 0.261. The van der Waals surface area contributed by atoms with Gasteiger partial charge in [-0.25, -0.2) is 0 Å². The van der Waals surface area contributed by atoms with Gasteiger partial charge in [0.05, 0.1) is 0 Å². The summed E-state index contributed by atoms with van der Waals surface area (Å²) in [7, 11) is 0. The molecule has 1 fully saturated rings. The van der Waals surface area contributed by atoms with E-state index in [1.165, 1.54) is 25.3 Å². The minimum Gasteiger partial charge on any atom is -0.310 e. The fourth-order valence-electron chi connectivity index (χ4n) is 2.29. The molecule has 0 bridgehead atoms. The molecule has 1 N–H and O–H groups in total. The Morgan fingerprint density at radius 2 is 2.00 bits per heavy atom. The van der Waals surface area contributed by atoms with Crippen molar-refractivity contribution in [3.63, 3.8) is 0 Å². The Kier molecular flexibility index (Phi) is 5.36.